The number of thioether (sulfide) groups is 1. The zero-order chi connectivity index (χ0) is 14.3. The van der Waals surface area contributed by atoms with Crippen LogP contribution in [0.15, 0.2) is 23.1 Å². The molecule has 1 amide bonds. The van der Waals surface area contributed by atoms with Gasteiger partial charge in [0.15, 0.2) is 11.6 Å². The number of hydrogen-bond donors (Lipinski definition) is 2. The third kappa shape index (κ3) is 5.57. The number of carbonyl (C=O) groups excluding carboxylic acids is 1. The number of carbonyl (C=O) groups is 1. The third-order valence-corrected chi connectivity index (χ3v) is 3.56. The number of nitrogens with one attached hydrogen (secondary N) is 1. The zero-order valence-electron chi connectivity index (χ0n) is 10.7. The average molecular weight is 289 g/mol. The van der Waals surface area contributed by atoms with Crippen molar-refractivity contribution in [1.82, 2.24) is 5.32 Å². The van der Waals surface area contributed by atoms with Gasteiger partial charge in [0.2, 0.25) is 5.91 Å². The van der Waals surface area contributed by atoms with E-state index in [1.54, 1.807) is 0 Å². The Morgan fingerprint density at radius 1 is 1.42 bits per heavy atom. The Kier molecular flexibility index (Phi) is 6.80. The molecule has 0 saturated carbocycles. The van der Waals surface area contributed by atoms with Gasteiger partial charge >= 0.3 is 0 Å². The molecule has 2 N–H and O–H groups in total. The van der Waals surface area contributed by atoms with Gasteiger partial charge in [-0.25, -0.2) is 8.78 Å². The summed E-state index contributed by atoms with van der Waals surface area (Å²) in [7, 11) is 0. The van der Waals surface area contributed by atoms with Crippen LogP contribution in [-0.4, -0.2) is 29.4 Å². The quantitative estimate of drug-likeness (QED) is 0.757. The van der Waals surface area contributed by atoms with E-state index in [2.05, 4.69) is 5.32 Å². The lowest BCUT2D eigenvalue weighted by molar-refractivity contribution is -0.121. The van der Waals surface area contributed by atoms with Gasteiger partial charge in [0, 0.05) is 17.1 Å². The summed E-state index contributed by atoms with van der Waals surface area (Å²) in [6, 6.07) is 3.43. The van der Waals surface area contributed by atoms with E-state index >= 15 is 0 Å². The van der Waals surface area contributed by atoms with E-state index in [4.69, 9.17) is 5.11 Å². The van der Waals surface area contributed by atoms with E-state index in [0.717, 1.165) is 12.1 Å². The fraction of sp³-hybridized carbons (Fsp3) is 0.462. The maximum atomic E-state index is 12.9. The van der Waals surface area contributed by atoms with E-state index in [1.807, 2.05) is 6.92 Å². The fourth-order valence-corrected chi connectivity index (χ4v) is 2.28. The van der Waals surface area contributed by atoms with Gasteiger partial charge in [-0.1, -0.05) is 6.92 Å². The van der Waals surface area contributed by atoms with Gasteiger partial charge in [-0.3, -0.25) is 4.79 Å². The summed E-state index contributed by atoms with van der Waals surface area (Å²) in [5, 5.41) is 11.6. The Bertz CT molecular complexity index is 425. The lowest BCUT2D eigenvalue weighted by atomic mass is 10.2. The maximum Gasteiger partial charge on any atom is 0.221 e. The van der Waals surface area contributed by atoms with Crippen molar-refractivity contribution >= 4 is 17.7 Å². The molecule has 1 aromatic carbocycles. The molecule has 106 valence electrons. The predicted octanol–water partition coefficient (Wildman–Crippen LogP) is 2.33. The molecule has 3 nitrogen and oxygen atoms in total. The lowest BCUT2D eigenvalue weighted by Crippen LogP contribution is -2.37. The van der Waals surface area contributed by atoms with Crippen molar-refractivity contribution < 1.29 is 18.7 Å². The van der Waals surface area contributed by atoms with Gasteiger partial charge in [-0.05, 0) is 24.6 Å². The fourth-order valence-electron chi connectivity index (χ4n) is 1.40. The Labute approximate surface area is 115 Å². The smallest absolute Gasteiger partial charge is 0.221 e. The third-order valence-electron chi connectivity index (χ3n) is 2.57. The summed E-state index contributed by atoms with van der Waals surface area (Å²) in [6.07, 6.45) is 0.929. The van der Waals surface area contributed by atoms with Crippen molar-refractivity contribution in [1.29, 1.82) is 0 Å². The van der Waals surface area contributed by atoms with E-state index < -0.39 is 11.6 Å². The van der Waals surface area contributed by atoms with Crippen LogP contribution in [0.25, 0.3) is 0 Å². The molecule has 0 spiro atoms. The van der Waals surface area contributed by atoms with Crippen LogP contribution in [0.5, 0.6) is 0 Å². The zero-order valence-corrected chi connectivity index (χ0v) is 11.5. The van der Waals surface area contributed by atoms with Crippen LogP contribution < -0.4 is 5.32 Å². The summed E-state index contributed by atoms with van der Waals surface area (Å²) in [5.41, 5.74) is 0. The van der Waals surface area contributed by atoms with Gasteiger partial charge in [-0.15, -0.1) is 11.8 Å². The van der Waals surface area contributed by atoms with E-state index in [9.17, 15) is 13.6 Å². The maximum absolute atomic E-state index is 12.9. The molecule has 6 heteroatoms. The van der Waals surface area contributed by atoms with Gasteiger partial charge in [-0.2, -0.15) is 0 Å². The first-order valence-corrected chi connectivity index (χ1v) is 7.03. The highest BCUT2D eigenvalue weighted by Crippen LogP contribution is 2.20. The first kappa shape index (κ1) is 15.9. The molecule has 19 heavy (non-hydrogen) atoms. The monoisotopic (exact) mass is 289 g/mol. The van der Waals surface area contributed by atoms with Crippen molar-refractivity contribution in [3.63, 3.8) is 0 Å². The minimum atomic E-state index is -0.888. The van der Waals surface area contributed by atoms with Crippen LogP contribution in [0, 0.1) is 11.6 Å². The minimum Gasteiger partial charge on any atom is -0.394 e. The largest absolute Gasteiger partial charge is 0.394 e. The molecule has 0 aliphatic carbocycles. The Morgan fingerprint density at radius 3 is 2.74 bits per heavy atom. The van der Waals surface area contributed by atoms with Gasteiger partial charge < -0.3 is 10.4 Å². The second-order valence-corrected chi connectivity index (χ2v) is 5.20. The van der Waals surface area contributed by atoms with E-state index in [0.29, 0.717) is 17.1 Å². The topological polar surface area (TPSA) is 49.3 Å². The predicted molar refractivity (Wildman–Crippen MR) is 71.0 cm³/mol. The van der Waals surface area contributed by atoms with Crippen molar-refractivity contribution in [2.45, 2.75) is 30.7 Å². The summed E-state index contributed by atoms with van der Waals surface area (Å²) in [5.74, 6) is -1.45. The van der Waals surface area contributed by atoms with E-state index in [-0.39, 0.29) is 25.0 Å². The Morgan fingerprint density at radius 2 is 2.16 bits per heavy atom. The van der Waals surface area contributed by atoms with Crippen LogP contribution in [0.3, 0.4) is 0 Å². The number of halogens is 2. The summed E-state index contributed by atoms with van der Waals surface area (Å²) in [6.45, 7) is 1.79. The molecule has 0 aromatic heterocycles. The van der Waals surface area contributed by atoms with Gasteiger partial charge in [0.1, 0.15) is 0 Å². The van der Waals surface area contributed by atoms with Crippen LogP contribution in [0.2, 0.25) is 0 Å². The van der Waals surface area contributed by atoms with Crippen LogP contribution in [0.4, 0.5) is 8.78 Å². The second kappa shape index (κ2) is 8.12. The molecule has 0 heterocycles. The van der Waals surface area contributed by atoms with Crippen LogP contribution in [-0.2, 0) is 4.79 Å². The molecule has 1 atom stereocenters. The molecular formula is C13H17F2NO2S. The highest BCUT2D eigenvalue weighted by Gasteiger charge is 2.09. The number of rotatable bonds is 7. The molecule has 0 bridgehead atoms. The van der Waals surface area contributed by atoms with Gasteiger partial charge in [0.05, 0.1) is 12.6 Å². The summed E-state index contributed by atoms with van der Waals surface area (Å²) >= 11 is 1.28. The lowest BCUT2D eigenvalue weighted by Gasteiger charge is -2.13. The standard InChI is InChI=1S/C13H17F2NO2S/c1-2-9(8-17)16-13(18)5-6-19-10-3-4-11(14)12(15)7-10/h3-4,7,9,17H,2,5-6,8H2,1H3,(H,16,18). The number of hydrogen-bond acceptors (Lipinski definition) is 3. The second-order valence-electron chi connectivity index (χ2n) is 4.03. The molecule has 0 radical (unpaired) electrons. The SMILES string of the molecule is CCC(CO)NC(=O)CCSc1ccc(F)c(F)c1. The molecule has 0 aliphatic rings. The minimum absolute atomic E-state index is 0.0848. The number of amides is 1. The normalized spacial score (nSPS) is 12.2. The first-order chi connectivity index (χ1) is 9.06. The molecule has 0 aliphatic heterocycles. The Balaban J connectivity index is 2.33. The van der Waals surface area contributed by atoms with Crippen molar-refractivity contribution in [3.05, 3.63) is 29.8 Å². The first-order valence-electron chi connectivity index (χ1n) is 6.04. The van der Waals surface area contributed by atoms with Crippen molar-refractivity contribution in [2.75, 3.05) is 12.4 Å². The highest BCUT2D eigenvalue weighted by molar-refractivity contribution is 7.99. The molecular weight excluding hydrogens is 272 g/mol. The number of aliphatic hydroxyl groups excluding tert-OH is 1. The number of benzene rings is 1. The van der Waals surface area contributed by atoms with Gasteiger partial charge in [0.25, 0.3) is 0 Å². The molecule has 0 fully saturated rings. The summed E-state index contributed by atoms with van der Waals surface area (Å²) < 4.78 is 25.6. The molecule has 1 aromatic rings. The van der Waals surface area contributed by atoms with Crippen molar-refractivity contribution in [3.8, 4) is 0 Å². The molecule has 1 unspecified atom stereocenters. The highest BCUT2D eigenvalue weighted by atomic mass is 32.2. The Hall–Kier alpha value is -1.14. The van der Waals surface area contributed by atoms with Crippen LogP contribution in [0.1, 0.15) is 19.8 Å². The molecule has 1 rings (SSSR count). The molecule has 0 saturated heterocycles. The van der Waals surface area contributed by atoms with Crippen molar-refractivity contribution in [2.24, 2.45) is 0 Å². The average Bonchev–Trinajstić information content (AvgIpc) is 2.40. The van der Waals surface area contributed by atoms with Crippen LogP contribution >= 0.6 is 11.8 Å². The number of aliphatic hydroxyl groups is 1. The summed E-state index contributed by atoms with van der Waals surface area (Å²) in [4.78, 5) is 12.1. The van der Waals surface area contributed by atoms with E-state index in [1.165, 1.54) is 17.8 Å².